The van der Waals surface area contributed by atoms with Crippen molar-refractivity contribution in [3.63, 3.8) is 0 Å². The molecule has 3 rings (SSSR count). The van der Waals surface area contributed by atoms with Crippen molar-refractivity contribution in [2.45, 2.75) is 33.8 Å². The second-order valence-corrected chi connectivity index (χ2v) is 7.94. The molecule has 0 radical (unpaired) electrons. The summed E-state index contributed by atoms with van der Waals surface area (Å²) in [7, 11) is 0. The number of aromatic nitrogens is 3. The Labute approximate surface area is 184 Å². The Morgan fingerprint density at radius 3 is 2.39 bits per heavy atom. The second-order valence-electron chi connectivity index (χ2n) is 7.94. The molecule has 0 aliphatic heterocycles. The summed E-state index contributed by atoms with van der Waals surface area (Å²) in [6.07, 6.45) is -0.552. The van der Waals surface area contributed by atoms with Crippen molar-refractivity contribution in [1.82, 2.24) is 14.8 Å². The average Bonchev–Trinajstić information content (AvgIpc) is 3.20. The molecule has 1 atom stereocenters. The SMILES string of the molecule is CCOCC(O)CNc1ccc(-n2nc(OCC(C)C)nc2-c2ccc(C)cc2)cc1. The molecule has 1 heterocycles. The number of nitrogens with one attached hydrogen (secondary N) is 1. The highest BCUT2D eigenvalue weighted by Crippen LogP contribution is 2.25. The van der Waals surface area contributed by atoms with Gasteiger partial charge in [0.2, 0.25) is 0 Å². The molecule has 0 bridgehead atoms. The van der Waals surface area contributed by atoms with Crippen molar-refractivity contribution in [3.8, 4) is 23.1 Å². The normalized spacial score (nSPS) is 12.2. The van der Waals surface area contributed by atoms with Gasteiger partial charge in [0.15, 0.2) is 5.82 Å². The van der Waals surface area contributed by atoms with E-state index in [0.717, 1.165) is 22.8 Å². The predicted octanol–water partition coefficient (Wildman–Crippen LogP) is 4.09. The highest BCUT2D eigenvalue weighted by molar-refractivity contribution is 5.60. The Hall–Kier alpha value is -2.90. The van der Waals surface area contributed by atoms with Crippen LogP contribution in [0.1, 0.15) is 26.3 Å². The third kappa shape index (κ3) is 6.54. The van der Waals surface area contributed by atoms with E-state index in [1.165, 1.54) is 5.56 Å². The van der Waals surface area contributed by atoms with E-state index in [4.69, 9.17) is 9.47 Å². The summed E-state index contributed by atoms with van der Waals surface area (Å²) in [5.74, 6) is 1.12. The van der Waals surface area contributed by atoms with Crippen molar-refractivity contribution in [2.24, 2.45) is 5.92 Å². The smallest absolute Gasteiger partial charge is 0.336 e. The maximum Gasteiger partial charge on any atom is 0.336 e. The molecule has 31 heavy (non-hydrogen) atoms. The predicted molar refractivity (Wildman–Crippen MR) is 123 cm³/mol. The molecule has 2 N–H and O–H groups in total. The van der Waals surface area contributed by atoms with Gasteiger partial charge in [-0.3, -0.25) is 0 Å². The lowest BCUT2D eigenvalue weighted by molar-refractivity contribution is 0.0496. The first-order chi connectivity index (χ1) is 15.0. The molecule has 1 aromatic heterocycles. The zero-order valence-electron chi connectivity index (χ0n) is 18.7. The molecule has 7 nitrogen and oxygen atoms in total. The van der Waals surface area contributed by atoms with Gasteiger partial charge in [-0.15, -0.1) is 5.10 Å². The molecule has 3 aromatic rings. The highest BCUT2D eigenvalue weighted by Gasteiger charge is 2.15. The molecule has 0 saturated heterocycles. The lowest BCUT2D eigenvalue weighted by Gasteiger charge is -2.13. The van der Waals surface area contributed by atoms with Gasteiger partial charge in [0.25, 0.3) is 0 Å². The summed E-state index contributed by atoms with van der Waals surface area (Å²) in [6, 6.07) is 16.4. The van der Waals surface area contributed by atoms with E-state index in [0.29, 0.717) is 38.3 Å². The lowest BCUT2D eigenvalue weighted by atomic mass is 10.1. The van der Waals surface area contributed by atoms with Gasteiger partial charge < -0.3 is 19.9 Å². The fourth-order valence-electron chi connectivity index (χ4n) is 2.93. The van der Waals surface area contributed by atoms with E-state index >= 15 is 0 Å². The quantitative estimate of drug-likeness (QED) is 0.483. The molecule has 166 valence electrons. The van der Waals surface area contributed by atoms with Gasteiger partial charge in [0, 0.05) is 24.4 Å². The van der Waals surface area contributed by atoms with Crippen LogP contribution in [0.5, 0.6) is 6.01 Å². The molecule has 0 aliphatic rings. The van der Waals surface area contributed by atoms with Crippen molar-refractivity contribution in [3.05, 3.63) is 54.1 Å². The number of aryl methyl sites for hydroxylation is 1. The second kappa shape index (κ2) is 10.9. The Morgan fingerprint density at radius 1 is 1.03 bits per heavy atom. The summed E-state index contributed by atoms with van der Waals surface area (Å²) in [5, 5.41) is 17.7. The standard InChI is InChI=1S/C24H32N4O3/c1-5-30-16-22(29)14-25-20-10-12-21(13-11-20)28-23(19-8-6-18(4)7-9-19)26-24(27-28)31-15-17(2)3/h6-13,17,22,25,29H,5,14-16H2,1-4H3. The van der Waals surface area contributed by atoms with Crippen LogP contribution in [0.4, 0.5) is 5.69 Å². The molecule has 7 heteroatoms. The number of hydrogen-bond acceptors (Lipinski definition) is 6. The molecule has 0 spiro atoms. The molecule has 0 fully saturated rings. The number of nitrogens with zero attached hydrogens (tertiary/aromatic N) is 3. The molecular weight excluding hydrogens is 392 g/mol. The summed E-state index contributed by atoms with van der Waals surface area (Å²) >= 11 is 0. The minimum atomic E-state index is -0.552. The topological polar surface area (TPSA) is 81.4 Å². The number of aliphatic hydroxyl groups is 1. The zero-order valence-corrected chi connectivity index (χ0v) is 18.7. The number of ether oxygens (including phenoxy) is 2. The van der Waals surface area contributed by atoms with Crippen LogP contribution in [0.3, 0.4) is 0 Å². The summed E-state index contributed by atoms with van der Waals surface area (Å²) in [4.78, 5) is 4.64. The van der Waals surface area contributed by atoms with E-state index < -0.39 is 6.10 Å². The first kappa shape index (κ1) is 22.8. The monoisotopic (exact) mass is 424 g/mol. The molecule has 2 aromatic carbocycles. The first-order valence-electron chi connectivity index (χ1n) is 10.7. The summed E-state index contributed by atoms with van der Waals surface area (Å²) in [6.45, 7) is 10.0. The van der Waals surface area contributed by atoms with Gasteiger partial charge in [-0.25, -0.2) is 4.68 Å². The fraction of sp³-hybridized carbons (Fsp3) is 0.417. The van der Waals surface area contributed by atoms with Gasteiger partial charge in [0.1, 0.15) is 0 Å². The van der Waals surface area contributed by atoms with Gasteiger partial charge in [-0.05, 0) is 44.0 Å². The number of hydrogen-bond donors (Lipinski definition) is 2. The largest absolute Gasteiger partial charge is 0.462 e. The van der Waals surface area contributed by atoms with Crippen molar-refractivity contribution < 1.29 is 14.6 Å². The maximum absolute atomic E-state index is 9.92. The first-order valence-corrected chi connectivity index (χ1v) is 10.7. The van der Waals surface area contributed by atoms with Crippen LogP contribution < -0.4 is 10.1 Å². The van der Waals surface area contributed by atoms with Crippen LogP contribution in [0.2, 0.25) is 0 Å². The van der Waals surface area contributed by atoms with Crippen molar-refractivity contribution >= 4 is 5.69 Å². The minimum absolute atomic E-state index is 0.319. The third-order valence-corrected chi connectivity index (χ3v) is 4.61. The number of anilines is 1. The van der Waals surface area contributed by atoms with Crippen LogP contribution in [-0.4, -0.2) is 52.3 Å². The van der Waals surface area contributed by atoms with E-state index in [9.17, 15) is 5.11 Å². The Kier molecular flexibility index (Phi) is 8.03. The maximum atomic E-state index is 9.92. The van der Waals surface area contributed by atoms with E-state index in [2.05, 4.69) is 48.3 Å². The van der Waals surface area contributed by atoms with Crippen LogP contribution in [0.25, 0.3) is 17.1 Å². The van der Waals surface area contributed by atoms with Gasteiger partial charge in [0.05, 0.1) is 25.0 Å². The zero-order chi connectivity index (χ0) is 22.2. The van der Waals surface area contributed by atoms with Gasteiger partial charge in [-0.2, -0.15) is 4.98 Å². The molecular formula is C24H32N4O3. The number of rotatable bonds is 11. The average molecular weight is 425 g/mol. The van der Waals surface area contributed by atoms with E-state index in [-0.39, 0.29) is 0 Å². The van der Waals surface area contributed by atoms with E-state index in [1.807, 2.05) is 43.3 Å². The lowest BCUT2D eigenvalue weighted by Crippen LogP contribution is -2.24. The van der Waals surface area contributed by atoms with Crippen LogP contribution in [-0.2, 0) is 4.74 Å². The van der Waals surface area contributed by atoms with Crippen LogP contribution >= 0.6 is 0 Å². The van der Waals surface area contributed by atoms with Crippen molar-refractivity contribution in [2.75, 3.05) is 31.7 Å². The Balaban J connectivity index is 1.80. The Morgan fingerprint density at radius 2 is 1.74 bits per heavy atom. The molecule has 0 amide bonds. The molecule has 0 aliphatic carbocycles. The summed E-state index contributed by atoms with van der Waals surface area (Å²) in [5.41, 5.74) is 3.95. The highest BCUT2D eigenvalue weighted by atomic mass is 16.5. The van der Waals surface area contributed by atoms with E-state index in [1.54, 1.807) is 4.68 Å². The van der Waals surface area contributed by atoms with Crippen LogP contribution in [0, 0.1) is 12.8 Å². The van der Waals surface area contributed by atoms with Crippen molar-refractivity contribution in [1.29, 1.82) is 0 Å². The Bertz CT molecular complexity index is 936. The van der Waals surface area contributed by atoms with Crippen LogP contribution in [0.15, 0.2) is 48.5 Å². The van der Waals surface area contributed by atoms with Gasteiger partial charge in [-0.1, -0.05) is 43.7 Å². The van der Waals surface area contributed by atoms with Gasteiger partial charge >= 0.3 is 6.01 Å². The molecule has 0 saturated carbocycles. The fourth-order valence-corrected chi connectivity index (χ4v) is 2.93. The number of benzene rings is 2. The minimum Gasteiger partial charge on any atom is -0.462 e. The summed E-state index contributed by atoms with van der Waals surface area (Å²) < 4.78 is 12.8. The number of aliphatic hydroxyl groups excluding tert-OH is 1. The molecule has 1 unspecified atom stereocenters. The third-order valence-electron chi connectivity index (χ3n) is 4.61.